The molecule has 5 fully saturated rings. The first kappa shape index (κ1) is 26.8. The summed E-state index contributed by atoms with van der Waals surface area (Å²) in [4.78, 5) is 0. The molecule has 0 aliphatic heterocycles. The van der Waals surface area contributed by atoms with Gasteiger partial charge in [0, 0.05) is 12.5 Å². The predicted octanol–water partition coefficient (Wildman–Crippen LogP) is 9.37. The quantitative estimate of drug-likeness (QED) is 0.303. The van der Waals surface area contributed by atoms with Crippen LogP contribution in [0.2, 0.25) is 0 Å². The van der Waals surface area contributed by atoms with Crippen LogP contribution in [0, 0.1) is 62.6 Å². The molecule has 0 bridgehead atoms. The Morgan fingerprint density at radius 3 is 2.22 bits per heavy atom. The highest BCUT2D eigenvalue weighted by Crippen LogP contribution is 2.78. The second-order valence-corrected chi connectivity index (χ2v) is 15.3. The van der Waals surface area contributed by atoms with Gasteiger partial charge in [0.05, 0.1) is 12.4 Å². The first-order valence-corrected chi connectivity index (χ1v) is 15.4. The normalized spacial score (nSPS) is 54.1. The fraction of sp³-hybridized carbons (Fsp3) is 0.882. The summed E-state index contributed by atoms with van der Waals surface area (Å²) < 4.78 is 5.58. The Hall–Kier alpha value is -0.760. The maximum atomic E-state index is 11.1. The minimum atomic E-state index is -0.114. The Bertz CT molecular complexity index is 907. The van der Waals surface area contributed by atoms with E-state index in [0.717, 1.165) is 37.0 Å². The van der Waals surface area contributed by atoms with Crippen LogP contribution < -0.4 is 0 Å². The van der Waals surface area contributed by atoms with E-state index >= 15 is 0 Å². The average Bonchev–Trinajstić information content (AvgIpc) is 3.23. The molecule has 2 nitrogen and oxygen atoms in total. The molecule has 5 aliphatic carbocycles. The lowest BCUT2D eigenvalue weighted by Crippen LogP contribution is -2.66. The molecule has 0 amide bonds. The SMILES string of the molecule is C=C(COC)[C@@H]1CC[C@]2(C(=C)O)CC[C@]3(C)C(CC[C@@H]4[C@@]5(C)CC[C@H](C)[C@@](C)(CC)[C@@H]5CC[C@]43C)[C@@H]12. The molecule has 0 spiro atoms. The number of fused-ring (bicyclic) bond motifs is 7. The van der Waals surface area contributed by atoms with E-state index < -0.39 is 0 Å². The van der Waals surface area contributed by atoms with Gasteiger partial charge in [0.2, 0.25) is 0 Å². The van der Waals surface area contributed by atoms with Gasteiger partial charge in [-0.1, -0.05) is 61.1 Å². The molecule has 2 heteroatoms. The number of allylic oxidation sites excluding steroid dienone is 1. The number of rotatable bonds is 5. The lowest BCUT2D eigenvalue weighted by atomic mass is 9.31. The molecule has 36 heavy (non-hydrogen) atoms. The average molecular weight is 497 g/mol. The Labute approximate surface area is 222 Å². The maximum absolute atomic E-state index is 11.1. The third-order valence-corrected chi connectivity index (χ3v) is 14.9. The molecular formula is C34H56O2. The molecule has 0 heterocycles. The summed E-state index contributed by atoms with van der Waals surface area (Å²) in [5.74, 6) is 4.53. The first-order chi connectivity index (χ1) is 16.9. The molecule has 1 N–H and O–H groups in total. The molecule has 0 aromatic carbocycles. The molecule has 0 radical (unpaired) electrons. The third kappa shape index (κ3) is 3.18. The predicted molar refractivity (Wildman–Crippen MR) is 151 cm³/mol. The van der Waals surface area contributed by atoms with Crippen LogP contribution >= 0.6 is 0 Å². The summed E-state index contributed by atoms with van der Waals surface area (Å²) in [6.45, 7) is 25.2. The number of aliphatic hydroxyl groups excluding tert-OH is 1. The van der Waals surface area contributed by atoms with Crippen molar-refractivity contribution in [2.45, 2.75) is 112 Å². The molecular weight excluding hydrogens is 440 g/mol. The van der Waals surface area contributed by atoms with Crippen LogP contribution in [0.5, 0.6) is 0 Å². The van der Waals surface area contributed by atoms with Crippen molar-refractivity contribution < 1.29 is 9.84 Å². The van der Waals surface area contributed by atoms with Gasteiger partial charge in [0.1, 0.15) is 0 Å². The highest BCUT2D eigenvalue weighted by molar-refractivity contribution is 5.26. The molecule has 5 saturated carbocycles. The fourth-order valence-corrected chi connectivity index (χ4v) is 12.4. The second-order valence-electron chi connectivity index (χ2n) is 15.3. The Morgan fingerprint density at radius 2 is 1.58 bits per heavy atom. The molecule has 11 atom stereocenters. The Morgan fingerprint density at radius 1 is 0.861 bits per heavy atom. The maximum Gasteiger partial charge on any atom is 0.0915 e. The van der Waals surface area contributed by atoms with Crippen LogP contribution in [0.4, 0.5) is 0 Å². The monoisotopic (exact) mass is 496 g/mol. The zero-order valence-corrected chi connectivity index (χ0v) is 24.7. The lowest BCUT2D eigenvalue weighted by Gasteiger charge is -2.73. The smallest absolute Gasteiger partial charge is 0.0915 e. The highest BCUT2D eigenvalue weighted by atomic mass is 16.5. The number of hydrogen-bond donors (Lipinski definition) is 1. The van der Waals surface area contributed by atoms with Crippen LogP contribution in [0.3, 0.4) is 0 Å². The van der Waals surface area contributed by atoms with Gasteiger partial charge in [0.15, 0.2) is 0 Å². The van der Waals surface area contributed by atoms with E-state index in [1.165, 1.54) is 56.9 Å². The third-order valence-electron chi connectivity index (χ3n) is 14.9. The van der Waals surface area contributed by atoms with Gasteiger partial charge < -0.3 is 9.84 Å². The van der Waals surface area contributed by atoms with Gasteiger partial charge in [-0.05, 0) is 127 Å². The standard InChI is InChI=1S/C34H56O2/c1-10-30(5)23(3)13-16-31(6)27(30)15-17-33(8)28(31)12-11-26-29-25(22(2)21-36-9)14-18-34(29,24(4)35)20-19-32(26,33)7/h23,25-29,35H,2,4,10-21H2,1,3,5-9H3/t23-,25-,26?,27-,28+,29+,30+,31-,32+,33+,34+/m0/s1. The van der Waals surface area contributed by atoms with Crippen molar-refractivity contribution in [3.8, 4) is 0 Å². The summed E-state index contributed by atoms with van der Waals surface area (Å²) in [5, 5.41) is 11.1. The van der Waals surface area contributed by atoms with Crippen molar-refractivity contribution >= 4 is 0 Å². The molecule has 0 saturated heterocycles. The van der Waals surface area contributed by atoms with Gasteiger partial charge >= 0.3 is 0 Å². The zero-order valence-electron chi connectivity index (χ0n) is 24.7. The van der Waals surface area contributed by atoms with Crippen molar-refractivity contribution in [1.29, 1.82) is 0 Å². The number of methoxy groups -OCH3 is 1. The molecule has 0 aromatic heterocycles. The van der Waals surface area contributed by atoms with E-state index in [4.69, 9.17) is 4.74 Å². The van der Waals surface area contributed by atoms with E-state index in [9.17, 15) is 5.11 Å². The van der Waals surface area contributed by atoms with Crippen molar-refractivity contribution in [2.75, 3.05) is 13.7 Å². The van der Waals surface area contributed by atoms with Crippen LogP contribution in [0.25, 0.3) is 0 Å². The summed E-state index contributed by atoms with van der Waals surface area (Å²) in [6.07, 6.45) is 14.2. The zero-order chi connectivity index (χ0) is 26.3. The molecule has 0 aromatic rings. The highest BCUT2D eigenvalue weighted by Gasteiger charge is 2.71. The van der Waals surface area contributed by atoms with E-state index in [2.05, 4.69) is 54.7 Å². The van der Waals surface area contributed by atoms with Crippen LogP contribution in [-0.2, 0) is 4.74 Å². The van der Waals surface area contributed by atoms with Gasteiger partial charge in [0.25, 0.3) is 0 Å². The van der Waals surface area contributed by atoms with E-state index in [1.54, 1.807) is 7.11 Å². The van der Waals surface area contributed by atoms with Crippen molar-refractivity contribution in [1.82, 2.24) is 0 Å². The second kappa shape index (κ2) is 8.62. The van der Waals surface area contributed by atoms with Gasteiger partial charge in [-0.3, -0.25) is 0 Å². The Balaban J connectivity index is 1.55. The van der Waals surface area contributed by atoms with E-state index in [0.29, 0.717) is 51.8 Å². The van der Waals surface area contributed by atoms with Gasteiger partial charge in [-0.2, -0.15) is 0 Å². The molecule has 5 rings (SSSR count). The summed E-state index contributed by atoms with van der Waals surface area (Å²) in [6, 6.07) is 0. The lowest BCUT2D eigenvalue weighted by molar-refractivity contribution is -0.243. The fourth-order valence-electron chi connectivity index (χ4n) is 12.4. The summed E-state index contributed by atoms with van der Waals surface area (Å²) >= 11 is 0. The summed E-state index contributed by atoms with van der Waals surface area (Å²) in [5.41, 5.74) is 2.76. The minimum absolute atomic E-state index is 0.114. The van der Waals surface area contributed by atoms with Crippen LogP contribution in [-0.4, -0.2) is 18.8 Å². The molecule has 5 aliphatic rings. The first-order valence-electron chi connectivity index (χ1n) is 15.4. The largest absolute Gasteiger partial charge is 0.512 e. The minimum Gasteiger partial charge on any atom is -0.512 e. The Kier molecular flexibility index (Phi) is 6.43. The number of hydrogen-bond acceptors (Lipinski definition) is 2. The van der Waals surface area contributed by atoms with Crippen molar-refractivity contribution in [3.05, 3.63) is 24.5 Å². The van der Waals surface area contributed by atoms with Crippen molar-refractivity contribution in [2.24, 2.45) is 62.6 Å². The van der Waals surface area contributed by atoms with Gasteiger partial charge in [-0.15, -0.1) is 0 Å². The van der Waals surface area contributed by atoms with Crippen LogP contribution in [0.1, 0.15) is 112 Å². The van der Waals surface area contributed by atoms with Crippen LogP contribution in [0.15, 0.2) is 24.5 Å². The van der Waals surface area contributed by atoms with E-state index in [-0.39, 0.29) is 5.41 Å². The topological polar surface area (TPSA) is 29.5 Å². The molecule has 1 unspecified atom stereocenters. The number of ether oxygens (including phenoxy) is 1. The van der Waals surface area contributed by atoms with E-state index in [1.807, 2.05) is 0 Å². The van der Waals surface area contributed by atoms with Gasteiger partial charge in [-0.25, -0.2) is 0 Å². The number of aliphatic hydroxyl groups is 1. The van der Waals surface area contributed by atoms with Crippen molar-refractivity contribution in [3.63, 3.8) is 0 Å². The summed E-state index contributed by atoms with van der Waals surface area (Å²) in [7, 11) is 1.80. The molecule has 204 valence electrons.